The summed E-state index contributed by atoms with van der Waals surface area (Å²) in [4.78, 5) is 16.7. The highest BCUT2D eigenvalue weighted by Gasteiger charge is 2.16. The lowest BCUT2D eigenvalue weighted by Gasteiger charge is -2.16. The van der Waals surface area contributed by atoms with Crippen LogP contribution in [0.2, 0.25) is 0 Å². The Balaban J connectivity index is 1.87. The van der Waals surface area contributed by atoms with E-state index in [2.05, 4.69) is 9.71 Å². The van der Waals surface area contributed by atoms with Crippen LogP contribution in [0, 0.1) is 11.6 Å². The van der Waals surface area contributed by atoms with E-state index in [0.29, 0.717) is 28.3 Å². The quantitative estimate of drug-likeness (QED) is 0.398. The second-order valence-corrected chi connectivity index (χ2v) is 8.07. The summed E-state index contributed by atoms with van der Waals surface area (Å²) < 4.78 is 57.1. The van der Waals surface area contributed by atoms with Gasteiger partial charge in [-0.15, -0.1) is 0 Å². The predicted molar refractivity (Wildman–Crippen MR) is 121 cm³/mol. The van der Waals surface area contributed by atoms with Gasteiger partial charge in [0.05, 0.1) is 5.39 Å². The number of ether oxygens (including phenoxy) is 1. The molecule has 0 saturated carbocycles. The van der Waals surface area contributed by atoms with Gasteiger partial charge in [0.25, 0.3) is 5.56 Å². The Kier molecular flexibility index (Phi) is 6.59. The lowest BCUT2D eigenvalue weighted by Crippen LogP contribution is -2.19. The van der Waals surface area contributed by atoms with Crippen LogP contribution < -0.4 is 15.0 Å². The van der Waals surface area contributed by atoms with Crippen molar-refractivity contribution in [3.8, 4) is 22.6 Å². The molecular formula is C23H19F2N3O4S. The van der Waals surface area contributed by atoms with Crippen molar-refractivity contribution < 1.29 is 22.3 Å². The van der Waals surface area contributed by atoms with Gasteiger partial charge in [0, 0.05) is 54.8 Å². The third-order valence-corrected chi connectivity index (χ3v) is 5.52. The minimum absolute atomic E-state index is 0.157. The molecule has 4 rings (SSSR count). The van der Waals surface area contributed by atoms with Gasteiger partial charge in [-0.2, -0.15) is 0 Å². The first-order valence-corrected chi connectivity index (χ1v) is 11.0. The summed E-state index contributed by atoms with van der Waals surface area (Å²) in [5.41, 5.74) is 1.78. The van der Waals surface area contributed by atoms with Crippen LogP contribution in [0.5, 0.6) is 11.5 Å². The predicted octanol–water partition coefficient (Wildman–Crippen LogP) is 3.94. The van der Waals surface area contributed by atoms with Crippen molar-refractivity contribution in [2.24, 2.45) is 7.05 Å². The maximum absolute atomic E-state index is 14.3. The Morgan fingerprint density at radius 3 is 2.64 bits per heavy atom. The largest absolute Gasteiger partial charge is 0.454 e. The van der Waals surface area contributed by atoms with Gasteiger partial charge in [-0.25, -0.2) is 17.7 Å². The number of pyridine rings is 2. The lowest BCUT2D eigenvalue weighted by molar-refractivity contribution is 0.439. The van der Waals surface area contributed by atoms with Crippen molar-refractivity contribution in [3.63, 3.8) is 0 Å². The highest BCUT2D eigenvalue weighted by molar-refractivity contribution is 7.77. The van der Waals surface area contributed by atoms with E-state index in [1.165, 1.54) is 16.8 Å². The lowest BCUT2D eigenvalue weighted by atomic mass is 9.98. The number of hydrogen-bond acceptors (Lipinski definition) is 4. The maximum Gasteiger partial charge on any atom is 0.258 e. The molecule has 33 heavy (non-hydrogen) atoms. The normalized spacial score (nSPS) is 12.1. The number of nitrogens with zero attached hydrogens (tertiary/aromatic N) is 2. The first kappa shape index (κ1) is 22.7. The van der Waals surface area contributed by atoms with Gasteiger partial charge in [0.1, 0.15) is 11.6 Å². The first-order chi connectivity index (χ1) is 15.8. The van der Waals surface area contributed by atoms with Crippen molar-refractivity contribution in [2.75, 3.05) is 6.54 Å². The number of aromatic nitrogens is 2. The fraction of sp³-hybridized carbons (Fsp3) is 0.130. The molecule has 0 amide bonds. The van der Waals surface area contributed by atoms with Gasteiger partial charge in [-0.05, 0) is 42.3 Å². The molecule has 7 nitrogen and oxygen atoms in total. The average Bonchev–Trinajstić information content (AvgIpc) is 2.79. The number of benzene rings is 2. The van der Waals surface area contributed by atoms with Crippen molar-refractivity contribution in [3.05, 3.63) is 88.6 Å². The fourth-order valence-electron chi connectivity index (χ4n) is 3.51. The zero-order chi connectivity index (χ0) is 23.5. The molecule has 0 aliphatic carbocycles. The summed E-state index contributed by atoms with van der Waals surface area (Å²) in [6, 6.07) is 9.81. The van der Waals surface area contributed by atoms with Crippen molar-refractivity contribution in [1.29, 1.82) is 0 Å². The number of hydrogen-bond donors (Lipinski definition) is 2. The number of aryl methyl sites for hydroxylation is 1. The zero-order valence-electron chi connectivity index (χ0n) is 17.4. The van der Waals surface area contributed by atoms with Crippen LogP contribution >= 0.6 is 0 Å². The topological polar surface area (TPSA) is 93.5 Å². The summed E-state index contributed by atoms with van der Waals surface area (Å²) in [6.45, 7) is 0.241. The Hall–Kier alpha value is -3.47. The molecular weight excluding hydrogens is 452 g/mol. The molecule has 1 unspecified atom stereocenters. The highest BCUT2D eigenvalue weighted by atomic mass is 32.2. The number of nitrogens with one attached hydrogen (secondary N) is 1. The molecule has 2 aromatic heterocycles. The molecule has 0 aliphatic heterocycles. The Labute approximate surface area is 190 Å². The molecule has 0 bridgehead atoms. The molecule has 0 saturated heterocycles. The second-order valence-electron chi connectivity index (χ2n) is 7.28. The molecule has 2 heterocycles. The van der Waals surface area contributed by atoms with Gasteiger partial charge in [-0.1, -0.05) is 6.07 Å². The van der Waals surface area contributed by atoms with Crippen LogP contribution in [0.15, 0.2) is 65.8 Å². The first-order valence-electron chi connectivity index (χ1n) is 9.87. The summed E-state index contributed by atoms with van der Waals surface area (Å²) in [7, 11) is 1.62. The van der Waals surface area contributed by atoms with Crippen LogP contribution in [0.3, 0.4) is 0 Å². The van der Waals surface area contributed by atoms with E-state index in [-0.39, 0.29) is 23.6 Å². The van der Waals surface area contributed by atoms with E-state index < -0.39 is 22.9 Å². The van der Waals surface area contributed by atoms with Crippen LogP contribution in [-0.4, -0.2) is 24.9 Å². The number of rotatable bonds is 7. The summed E-state index contributed by atoms with van der Waals surface area (Å²) >= 11 is -2.13. The Morgan fingerprint density at radius 1 is 1.09 bits per heavy atom. The summed E-state index contributed by atoms with van der Waals surface area (Å²) in [5.74, 6) is -1.45. The fourth-order valence-corrected chi connectivity index (χ4v) is 3.79. The SMILES string of the molecule is Cn1cc(-c2cc(CCNS(=O)O)ccc2Oc2ccc(F)cc2F)c2cnccc2c1=O. The molecule has 0 aliphatic rings. The number of fused-ring (bicyclic) bond motifs is 1. The monoisotopic (exact) mass is 471 g/mol. The summed E-state index contributed by atoms with van der Waals surface area (Å²) in [5, 5.41) is 1.03. The van der Waals surface area contributed by atoms with Gasteiger partial charge in [0.2, 0.25) is 11.3 Å². The third kappa shape index (κ3) is 4.98. The molecule has 10 heteroatoms. The molecule has 0 spiro atoms. The standard InChI is InChI=1S/C23H19F2N3O4S/c1-28-13-19(18-12-26-8-7-16(18)23(28)29)17-10-14(6-9-27-33(30)31)2-4-21(17)32-22-5-3-15(24)11-20(22)25/h2-5,7-8,10-13,27H,6,9H2,1H3,(H,30,31). The minimum Gasteiger partial charge on any atom is -0.454 e. The molecule has 0 radical (unpaired) electrons. The van der Waals surface area contributed by atoms with Crippen LogP contribution in [0.4, 0.5) is 8.78 Å². The van der Waals surface area contributed by atoms with Gasteiger partial charge in [0.15, 0.2) is 11.6 Å². The van der Waals surface area contributed by atoms with Crippen molar-refractivity contribution in [2.45, 2.75) is 6.42 Å². The van der Waals surface area contributed by atoms with Crippen molar-refractivity contribution >= 4 is 22.0 Å². The van der Waals surface area contributed by atoms with Crippen molar-refractivity contribution in [1.82, 2.24) is 14.3 Å². The van der Waals surface area contributed by atoms with E-state index in [9.17, 15) is 17.8 Å². The van der Waals surface area contributed by atoms with E-state index in [1.807, 2.05) is 0 Å². The number of halogens is 2. The van der Waals surface area contributed by atoms with Gasteiger partial charge >= 0.3 is 0 Å². The molecule has 170 valence electrons. The molecule has 4 aromatic rings. The van der Waals surface area contributed by atoms with Gasteiger partial charge in [-0.3, -0.25) is 14.3 Å². The summed E-state index contributed by atoms with van der Waals surface area (Å²) in [6.07, 6.45) is 5.15. The Morgan fingerprint density at radius 2 is 1.88 bits per heavy atom. The van der Waals surface area contributed by atoms with E-state index in [1.54, 1.807) is 43.7 Å². The molecule has 0 fully saturated rings. The van der Waals surface area contributed by atoms with E-state index in [4.69, 9.17) is 9.29 Å². The van der Waals surface area contributed by atoms with Gasteiger partial charge < -0.3 is 9.30 Å². The smallest absolute Gasteiger partial charge is 0.258 e. The third-order valence-electron chi connectivity index (χ3n) is 5.07. The van der Waals surface area contributed by atoms with Crippen LogP contribution in [0.1, 0.15) is 5.56 Å². The maximum atomic E-state index is 14.3. The van der Waals surface area contributed by atoms with E-state index in [0.717, 1.165) is 17.7 Å². The average molecular weight is 471 g/mol. The minimum atomic E-state index is -2.13. The molecule has 2 aromatic carbocycles. The zero-order valence-corrected chi connectivity index (χ0v) is 18.2. The molecule has 2 N–H and O–H groups in total. The van der Waals surface area contributed by atoms with E-state index >= 15 is 0 Å². The van der Waals surface area contributed by atoms with Crippen LogP contribution in [0.25, 0.3) is 21.9 Å². The molecule has 1 atom stereocenters. The highest BCUT2D eigenvalue weighted by Crippen LogP contribution is 2.37. The second kappa shape index (κ2) is 9.57. The Bertz CT molecular complexity index is 1420. The van der Waals surface area contributed by atoms with Crippen LogP contribution in [-0.2, 0) is 24.7 Å².